The fraction of sp³-hybridized carbons (Fsp3) is 0.250. The van der Waals surface area contributed by atoms with Crippen molar-refractivity contribution in [1.29, 1.82) is 0 Å². The van der Waals surface area contributed by atoms with Crippen molar-refractivity contribution in [1.82, 2.24) is 9.97 Å². The van der Waals surface area contributed by atoms with E-state index < -0.39 is 5.41 Å². The first-order valence-electron chi connectivity index (χ1n) is 10.2. The van der Waals surface area contributed by atoms with Gasteiger partial charge in [-0.1, -0.05) is 54.4 Å². The number of nitrogens with zero attached hydrogens (tertiary/aromatic N) is 3. The fourth-order valence-corrected chi connectivity index (χ4v) is 4.56. The lowest BCUT2D eigenvalue weighted by atomic mass is 9.78. The van der Waals surface area contributed by atoms with Gasteiger partial charge in [0.25, 0.3) is 0 Å². The lowest BCUT2D eigenvalue weighted by Gasteiger charge is -2.38. The minimum atomic E-state index is -0.788. The van der Waals surface area contributed by atoms with Crippen LogP contribution in [0.4, 0.5) is 5.82 Å². The number of amides is 1. The molecule has 0 aliphatic carbocycles. The van der Waals surface area contributed by atoms with Gasteiger partial charge < -0.3 is 4.79 Å². The Hall–Kier alpha value is -2.47. The van der Waals surface area contributed by atoms with Crippen molar-refractivity contribution < 1.29 is 9.59 Å². The van der Waals surface area contributed by atoms with Crippen LogP contribution in [0, 0.1) is 5.41 Å². The molecule has 0 spiro atoms. The summed E-state index contributed by atoms with van der Waals surface area (Å²) in [6.45, 7) is 2.28. The molecule has 1 aliphatic rings. The van der Waals surface area contributed by atoms with E-state index in [0.29, 0.717) is 40.1 Å². The second kappa shape index (κ2) is 9.18. The van der Waals surface area contributed by atoms with Gasteiger partial charge in [-0.3, -0.25) is 9.69 Å². The molecule has 2 heterocycles. The Labute approximate surface area is 201 Å². The van der Waals surface area contributed by atoms with E-state index in [-0.39, 0.29) is 17.6 Å². The van der Waals surface area contributed by atoms with Gasteiger partial charge in [0.05, 0.1) is 16.7 Å². The monoisotopic (exact) mass is 487 g/mol. The zero-order valence-corrected chi connectivity index (χ0v) is 19.6. The van der Waals surface area contributed by atoms with Crippen molar-refractivity contribution in [2.45, 2.75) is 26.2 Å². The highest BCUT2D eigenvalue weighted by Crippen LogP contribution is 2.43. The molecule has 1 unspecified atom stereocenters. The number of anilines is 1. The molecule has 0 radical (unpaired) electrons. The maximum Gasteiger partial charge on any atom is 0.234 e. The molecule has 1 amide bonds. The number of aldehydes is 1. The SMILES string of the molecule is CC1(CC=O)CCCN(c2nc(Cl)nc(-c3ccc(Cl)cc3)c2-c2cccc(Cl)c2)C1=O. The Morgan fingerprint density at radius 1 is 1.03 bits per heavy atom. The van der Waals surface area contributed by atoms with Gasteiger partial charge in [-0.25, -0.2) is 4.98 Å². The summed E-state index contributed by atoms with van der Waals surface area (Å²) in [6.07, 6.45) is 2.32. The van der Waals surface area contributed by atoms with E-state index in [1.165, 1.54) is 0 Å². The van der Waals surface area contributed by atoms with E-state index in [2.05, 4.69) is 9.97 Å². The molecule has 3 aromatic rings. The molecular formula is C24H20Cl3N3O2. The first-order chi connectivity index (χ1) is 15.3. The van der Waals surface area contributed by atoms with E-state index in [9.17, 15) is 9.59 Å². The van der Waals surface area contributed by atoms with Crippen LogP contribution in [-0.2, 0) is 9.59 Å². The first-order valence-corrected chi connectivity index (χ1v) is 11.3. The number of rotatable bonds is 5. The number of carbonyl (C=O) groups excluding carboxylic acids is 2. The largest absolute Gasteiger partial charge is 0.303 e. The predicted molar refractivity (Wildman–Crippen MR) is 128 cm³/mol. The van der Waals surface area contributed by atoms with Crippen LogP contribution in [-0.4, -0.2) is 28.7 Å². The molecule has 0 bridgehead atoms. The molecule has 2 aromatic carbocycles. The lowest BCUT2D eigenvalue weighted by Crippen LogP contribution is -2.48. The Bertz CT molecular complexity index is 1180. The number of aromatic nitrogens is 2. The molecule has 8 heteroatoms. The third kappa shape index (κ3) is 4.38. The van der Waals surface area contributed by atoms with Crippen molar-refractivity contribution >= 4 is 52.8 Å². The fourth-order valence-electron chi connectivity index (χ4n) is 4.08. The molecule has 0 saturated carbocycles. The van der Waals surface area contributed by atoms with Gasteiger partial charge >= 0.3 is 0 Å². The van der Waals surface area contributed by atoms with Gasteiger partial charge in [0, 0.05) is 28.6 Å². The molecule has 0 N–H and O–H groups in total. The highest BCUT2D eigenvalue weighted by Gasteiger charge is 2.41. The van der Waals surface area contributed by atoms with Crippen LogP contribution in [0.5, 0.6) is 0 Å². The molecule has 1 aliphatic heterocycles. The van der Waals surface area contributed by atoms with Crippen LogP contribution in [0.1, 0.15) is 26.2 Å². The van der Waals surface area contributed by atoms with Gasteiger partial charge in [-0.05, 0) is 54.3 Å². The van der Waals surface area contributed by atoms with E-state index in [0.717, 1.165) is 23.8 Å². The van der Waals surface area contributed by atoms with Gasteiger partial charge in [0.2, 0.25) is 11.2 Å². The number of piperidine rings is 1. The zero-order valence-electron chi connectivity index (χ0n) is 17.3. The Morgan fingerprint density at radius 3 is 2.47 bits per heavy atom. The van der Waals surface area contributed by atoms with Gasteiger partial charge in [-0.15, -0.1) is 0 Å². The summed E-state index contributed by atoms with van der Waals surface area (Å²) in [5.41, 5.74) is 1.95. The van der Waals surface area contributed by atoms with Gasteiger partial charge in [0.15, 0.2) is 0 Å². The summed E-state index contributed by atoms with van der Waals surface area (Å²) < 4.78 is 0. The number of hydrogen-bond acceptors (Lipinski definition) is 4. The Kier molecular flexibility index (Phi) is 6.52. The summed E-state index contributed by atoms with van der Waals surface area (Å²) in [6, 6.07) is 14.5. The predicted octanol–water partition coefficient (Wildman–Crippen LogP) is 6.49. The number of halogens is 3. The van der Waals surface area contributed by atoms with Crippen LogP contribution in [0.2, 0.25) is 15.3 Å². The Balaban J connectivity index is 1.97. The third-order valence-electron chi connectivity index (χ3n) is 5.75. The van der Waals surface area contributed by atoms with Crippen LogP contribution < -0.4 is 4.90 Å². The van der Waals surface area contributed by atoms with Crippen LogP contribution in [0.25, 0.3) is 22.4 Å². The summed E-state index contributed by atoms with van der Waals surface area (Å²) in [5.74, 6) is 0.245. The van der Waals surface area contributed by atoms with E-state index in [1.54, 1.807) is 29.2 Å². The van der Waals surface area contributed by atoms with Crippen LogP contribution >= 0.6 is 34.8 Å². The van der Waals surface area contributed by atoms with Crippen LogP contribution in [0.3, 0.4) is 0 Å². The summed E-state index contributed by atoms with van der Waals surface area (Å²) >= 11 is 18.7. The molecule has 1 fully saturated rings. The Morgan fingerprint density at radius 2 is 1.78 bits per heavy atom. The topological polar surface area (TPSA) is 63.2 Å². The smallest absolute Gasteiger partial charge is 0.234 e. The molecule has 4 rings (SSSR count). The second-order valence-corrected chi connectivity index (χ2v) is 9.26. The number of benzene rings is 2. The molecule has 1 aromatic heterocycles. The average molecular weight is 489 g/mol. The molecule has 164 valence electrons. The number of carbonyl (C=O) groups is 2. The minimum Gasteiger partial charge on any atom is -0.303 e. The van der Waals surface area contributed by atoms with Crippen molar-refractivity contribution in [2.24, 2.45) is 5.41 Å². The molecule has 1 saturated heterocycles. The first kappa shape index (κ1) is 22.7. The van der Waals surface area contributed by atoms with Gasteiger partial charge in [-0.2, -0.15) is 4.98 Å². The molecule has 1 atom stereocenters. The zero-order chi connectivity index (χ0) is 22.9. The molecule has 5 nitrogen and oxygen atoms in total. The summed E-state index contributed by atoms with van der Waals surface area (Å²) in [4.78, 5) is 35.4. The van der Waals surface area contributed by atoms with Crippen LogP contribution in [0.15, 0.2) is 48.5 Å². The van der Waals surface area contributed by atoms with Crippen molar-refractivity contribution in [3.05, 3.63) is 63.9 Å². The van der Waals surface area contributed by atoms with E-state index in [1.807, 2.05) is 31.2 Å². The molecular weight excluding hydrogens is 469 g/mol. The maximum absolute atomic E-state index is 13.5. The second-order valence-electron chi connectivity index (χ2n) is 8.05. The van der Waals surface area contributed by atoms with E-state index in [4.69, 9.17) is 34.8 Å². The lowest BCUT2D eigenvalue weighted by molar-refractivity contribution is -0.132. The molecule has 32 heavy (non-hydrogen) atoms. The van der Waals surface area contributed by atoms with E-state index >= 15 is 0 Å². The summed E-state index contributed by atoms with van der Waals surface area (Å²) in [7, 11) is 0. The third-order valence-corrected chi connectivity index (χ3v) is 6.41. The summed E-state index contributed by atoms with van der Waals surface area (Å²) in [5, 5.41) is 1.15. The highest BCUT2D eigenvalue weighted by molar-refractivity contribution is 6.31. The van der Waals surface area contributed by atoms with Crippen molar-refractivity contribution in [3.63, 3.8) is 0 Å². The quantitative estimate of drug-likeness (QED) is 0.304. The normalized spacial score (nSPS) is 18.6. The van der Waals surface area contributed by atoms with Gasteiger partial charge in [0.1, 0.15) is 12.1 Å². The average Bonchev–Trinajstić information content (AvgIpc) is 2.76. The maximum atomic E-state index is 13.5. The number of hydrogen-bond donors (Lipinski definition) is 0. The minimum absolute atomic E-state index is 0.0196. The highest BCUT2D eigenvalue weighted by atomic mass is 35.5. The van der Waals surface area contributed by atoms with Crippen molar-refractivity contribution in [2.75, 3.05) is 11.4 Å². The standard InChI is InChI=1S/C24H20Cl3N3O2/c1-24(11-13-31)10-3-12-30(22(24)32)21-19(16-4-2-5-18(26)14-16)20(28-23(27)29-21)15-6-8-17(25)9-7-15/h2,4-9,13-14H,3,10-12H2,1H3. The van der Waals surface area contributed by atoms with Crippen molar-refractivity contribution in [3.8, 4) is 22.4 Å².